The second kappa shape index (κ2) is 36.8. The number of esters is 2. The molecule has 0 spiro atoms. The number of carboxylic acid groups (broad SMARTS) is 2. The summed E-state index contributed by atoms with van der Waals surface area (Å²) in [6.07, 6.45) is 16.3. The van der Waals surface area contributed by atoms with Crippen molar-refractivity contribution in [2.75, 3.05) is 13.2 Å². The number of hydrogen-bond acceptors (Lipinski definition) is 10. The Bertz CT molecular complexity index is 606. The molecule has 0 aromatic carbocycles. The van der Waals surface area contributed by atoms with Gasteiger partial charge in [-0.25, -0.2) is 9.59 Å². The number of aliphatic hydroxyl groups is 2. The molecule has 0 bridgehead atoms. The van der Waals surface area contributed by atoms with E-state index >= 15 is 0 Å². The molecule has 10 nitrogen and oxygen atoms in total. The van der Waals surface area contributed by atoms with E-state index in [4.69, 9.17) is 10.2 Å². The molecule has 43 heavy (non-hydrogen) atoms. The van der Waals surface area contributed by atoms with Gasteiger partial charge in [-0.15, -0.1) is 0 Å². The third-order valence-electron chi connectivity index (χ3n) is 6.16. The van der Waals surface area contributed by atoms with Gasteiger partial charge in [-0.1, -0.05) is 26.7 Å². The maximum atomic E-state index is 10.8. The Morgan fingerprint density at radius 1 is 0.535 bits per heavy atom. The number of carbonyl (C=O) groups excluding carboxylic acids is 4. The third-order valence-corrected chi connectivity index (χ3v) is 10.2. The Kier molecular flexibility index (Phi) is 39.4. The van der Waals surface area contributed by atoms with Crippen LogP contribution in [0.5, 0.6) is 0 Å². The van der Waals surface area contributed by atoms with Crippen LogP contribution >= 0.6 is 0 Å². The van der Waals surface area contributed by atoms with Crippen molar-refractivity contribution in [3.63, 3.8) is 0 Å². The minimum absolute atomic E-state index is 0.0736. The molecule has 0 aromatic rings. The van der Waals surface area contributed by atoms with Gasteiger partial charge >= 0.3 is 133 Å². The molecule has 0 amide bonds. The Morgan fingerprint density at radius 3 is 1.14 bits per heavy atom. The summed E-state index contributed by atoms with van der Waals surface area (Å²) in [7, 11) is 0. The summed E-state index contributed by atoms with van der Waals surface area (Å²) in [5, 5.41) is 37.7. The summed E-state index contributed by atoms with van der Waals surface area (Å²) in [5.41, 5.74) is 0. The summed E-state index contributed by atoms with van der Waals surface area (Å²) in [5.74, 6) is -4.75. The van der Waals surface area contributed by atoms with Crippen LogP contribution in [0.1, 0.15) is 143 Å². The molecule has 0 rings (SSSR count). The molecule has 0 saturated heterocycles. The molecule has 2 N–H and O–H groups in total. The first-order valence-electron chi connectivity index (χ1n) is 16.4. The smallest absolute Gasteiger partial charge is 0.335 e. The van der Waals surface area contributed by atoms with Gasteiger partial charge in [0.05, 0.1) is 13.2 Å². The van der Waals surface area contributed by atoms with Crippen molar-refractivity contribution in [1.82, 2.24) is 0 Å². The average molecular weight is 724 g/mol. The molecule has 0 heterocycles. The van der Waals surface area contributed by atoms with E-state index in [0.717, 1.165) is 12.8 Å². The van der Waals surface area contributed by atoms with Crippen LogP contribution in [0.3, 0.4) is 0 Å². The van der Waals surface area contributed by atoms with Crippen molar-refractivity contribution in [1.29, 1.82) is 0 Å². The Hall–Kier alpha value is -1.40. The van der Waals surface area contributed by atoms with Gasteiger partial charge in [0.15, 0.2) is 12.2 Å². The van der Waals surface area contributed by atoms with Crippen molar-refractivity contribution < 1.29 is 49.1 Å². The fraction of sp³-hybridized carbons (Fsp3) is 0.875. The number of carbonyl (C=O) groups is 4. The Balaban J connectivity index is -0.000000566. The van der Waals surface area contributed by atoms with Crippen molar-refractivity contribution in [2.45, 2.75) is 164 Å². The first-order chi connectivity index (χ1) is 20.6. The normalized spacial score (nSPS) is 11.5. The van der Waals surface area contributed by atoms with Crippen LogP contribution in [0.15, 0.2) is 0 Å². The van der Waals surface area contributed by atoms with Gasteiger partial charge in [0.25, 0.3) is 0 Å². The van der Waals surface area contributed by atoms with E-state index in [9.17, 15) is 29.4 Å². The summed E-state index contributed by atoms with van der Waals surface area (Å²) in [6.45, 7) is 8.86. The predicted molar refractivity (Wildman–Crippen MR) is 165 cm³/mol. The quantitative estimate of drug-likeness (QED) is 0.0757. The number of hydrogen-bond donors (Lipinski definition) is 2. The second-order valence-corrected chi connectivity index (χ2v) is 14.8. The van der Waals surface area contributed by atoms with Crippen LogP contribution in [0.4, 0.5) is 0 Å². The fourth-order valence-corrected chi connectivity index (χ4v) is 7.06. The number of rotatable bonds is 26. The topological polar surface area (TPSA) is 173 Å². The number of unbranched alkanes of at least 4 members (excludes halogenated alkanes) is 12. The number of aliphatic carboxylic acids is 2. The van der Waals surface area contributed by atoms with E-state index in [-0.39, 0.29) is 34.4 Å². The van der Waals surface area contributed by atoms with Crippen LogP contribution in [0.25, 0.3) is 0 Å². The summed E-state index contributed by atoms with van der Waals surface area (Å²) >= 11 is 0.0736. The van der Waals surface area contributed by atoms with Gasteiger partial charge in [-0.05, 0) is 12.8 Å². The zero-order valence-electron chi connectivity index (χ0n) is 27.4. The van der Waals surface area contributed by atoms with Gasteiger partial charge in [0.2, 0.25) is 0 Å². The maximum absolute atomic E-state index is 10.8. The van der Waals surface area contributed by atoms with E-state index < -0.39 is 48.9 Å². The van der Waals surface area contributed by atoms with Crippen molar-refractivity contribution in [2.24, 2.45) is 0 Å². The molecule has 11 heteroatoms. The van der Waals surface area contributed by atoms with E-state index in [2.05, 4.69) is 23.3 Å². The molecule has 0 fully saturated rings. The van der Waals surface area contributed by atoms with Crippen molar-refractivity contribution in [3.8, 4) is 0 Å². The summed E-state index contributed by atoms with van der Waals surface area (Å²) < 4.78 is 12.4. The predicted octanol–water partition coefficient (Wildman–Crippen LogP) is 3.91. The molecule has 0 aromatic heterocycles. The molecular formula is C32H60O10Sn. The van der Waals surface area contributed by atoms with E-state index in [1.54, 1.807) is 21.7 Å². The minimum Gasteiger partial charge on any atom is -0.550 e. The fourth-order valence-electron chi connectivity index (χ4n) is 3.49. The van der Waals surface area contributed by atoms with Gasteiger partial charge in [-0.3, -0.25) is 0 Å². The van der Waals surface area contributed by atoms with E-state index in [1.807, 2.05) is 13.8 Å². The molecule has 252 valence electrons. The summed E-state index contributed by atoms with van der Waals surface area (Å²) in [4.78, 5) is 41.5. The third kappa shape index (κ3) is 40.6. The SMILES string of the molecule is CCCCCCC[CH2][Sn+2][CH2]CCCCCCC.CCCCOC(=O)C(O)CC(=O)[O-].CCCCOC(=O)C(O)CC(=O)[O-]. The number of aliphatic hydroxyl groups excluding tert-OH is 2. The van der Waals surface area contributed by atoms with Crippen molar-refractivity contribution >= 4 is 45.0 Å². The second-order valence-electron chi connectivity index (χ2n) is 10.5. The first kappa shape index (κ1) is 46.0. The molecule has 0 aliphatic rings. The standard InChI is InChI=1S/2C8H14O5.2C8H17.Sn/c2*1-2-3-4-13-8(12)6(9)5-7(10)11;2*1-3-5-7-8-6-4-2;/h2*6,9H,2-5H2,1H3,(H,10,11);2*1,3-8H2,2H3;/q;;;;+2/p-2. The molecule has 2 atom stereocenters. The van der Waals surface area contributed by atoms with Gasteiger partial charge in [0.1, 0.15) is 0 Å². The van der Waals surface area contributed by atoms with E-state index in [0.29, 0.717) is 12.8 Å². The molecule has 0 saturated carbocycles. The van der Waals surface area contributed by atoms with Crippen LogP contribution in [0.2, 0.25) is 8.87 Å². The van der Waals surface area contributed by atoms with Crippen molar-refractivity contribution in [3.05, 3.63) is 0 Å². The van der Waals surface area contributed by atoms with Gasteiger partial charge in [-0.2, -0.15) is 0 Å². The molecule has 2 unspecified atom stereocenters. The van der Waals surface area contributed by atoms with Crippen LogP contribution in [0, 0.1) is 0 Å². The van der Waals surface area contributed by atoms with Gasteiger partial charge in [0, 0.05) is 24.8 Å². The minimum atomic E-state index is -1.61. The van der Waals surface area contributed by atoms with Crippen LogP contribution in [-0.2, 0) is 28.7 Å². The van der Waals surface area contributed by atoms with Gasteiger partial charge < -0.3 is 39.5 Å². The molecule has 0 aliphatic heterocycles. The molecular weight excluding hydrogens is 663 g/mol. The van der Waals surface area contributed by atoms with E-state index in [1.165, 1.54) is 64.2 Å². The van der Waals surface area contributed by atoms with Crippen LogP contribution in [-0.4, -0.2) is 80.7 Å². The zero-order chi connectivity index (χ0) is 33.1. The van der Waals surface area contributed by atoms with Crippen LogP contribution < -0.4 is 10.2 Å². The summed E-state index contributed by atoms with van der Waals surface area (Å²) in [6, 6.07) is 0. The molecule has 0 radical (unpaired) electrons. The maximum Gasteiger partial charge on any atom is 0.335 e. The monoisotopic (exact) mass is 724 g/mol. The largest absolute Gasteiger partial charge is 0.550 e. The first-order valence-corrected chi connectivity index (χ1v) is 20.4. The Morgan fingerprint density at radius 2 is 0.837 bits per heavy atom. The molecule has 0 aliphatic carbocycles. The number of carboxylic acids is 2. The average Bonchev–Trinajstić information content (AvgIpc) is 2.95. The zero-order valence-corrected chi connectivity index (χ0v) is 30.2. The Labute approximate surface area is 270 Å². The number of ether oxygens (including phenoxy) is 2.